The molecule has 2 aliphatic rings. The molecule has 1 atom stereocenters. The molecule has 3 rings (SSSR count). The van der Waals surface area contributed by atoms with Crippen LogP contribution >= 0.6 is 0 Å². The fourth-order valence-corrected chi connectivity index (χ4v) is 3.35. The van der Waals surface area contributed by atoms with Crippen molar-refractivity contribution in [1.29, 1.82) is 0 Å². The van der Waals surface area contributed by atoms with Crippen molar-refractivity contribution in [3.63, 3.8) is 0 Å². The summed E-state index contributed by atoms with van der Waals surface area (Å²) >= 11 is 0. The highest BCUT2D eigenvalue weighted by molar-refractivity contribution is 5.97. The van der Waals surface area contributed by atoms with Crippen LogP contribution in [-0.4, -0.2) is 62.3 Å². The normalized spacial score (nSPS) is 20.7. The molecule has 1 aromatic heterocycles. The van der Waals surface area contributed by atoms with Gasteiger partial charge in [-0.2, -0.15) is 0 Å². The Morgan fingerprint density at radius 2 is 2.04 bits per heavy atom. The van der Waals surface area contributed by atoms with Crippen LogP contribution in [0.1, 0.15) is 34.7 Å². The number of carboxylic acids is 1. The van der Waals surface area contributed by atoms with Crippen molar-refractivity contribution in [2.75, 3.05) is 19.6 Å². The van der Waals surface area contributed by atoms with E-state index < -0.39 is 28.6 Å². The average molecular weight is 321 g/mol. The third-order valence-corrected chi connectivity index (χ3v) is 4.32. The van der Waals surface area contributed by atoms with E-state index in [1.54, 1.807) is 4.90 Å². The first kappa shape index (κ1) is 15.5. The molecule has 0 saturated carbocycles. The molecule has 0 radical (unpaired) electrons. The van der Waals surface area contributed by atoms with Gasteiger partial charge in [0, 0.05) is 25.8 Å². The smallest absolute Gasteiger partial charge is 0.341 e. The molecule has 1 aromatic rings. The van der Waals surface area contributed by atoms with E-state index in [2.05, 4.69) is 18.7 Å². The van der Waals surface area contributed by atoms with E-state index in [9.17, 15) is 19.5 Å². The van der Waals surface area contributed by atoms with Gasteiger partial charge in [-0.05, 0) is 5.92 Å². The fraction of sp³-hybridized carbons (Fsp3) is 0.533. The van der Waals surface area contributed by atoms with Crippen LogP contribution in [0.5, 0.6) is 5.75 Å². The molecule has 0 aromatic carbocycles. The molecule has 1 amide bonds. The Kier molecular flexibility index (Phi) is 3.63. The lowest BCUT2D eigenvalue weighted by atomic mass is 10.1. The van der Waals surface area contributed by atoms with Crippen molar-refractivity contribution >= 4 is 11.9 Å². The molecule has 1 unspecified atom stereocenters. The summed E-state index contributed by atoms with van der Waals surface area (Å²) < 4.78 is 1.39. The van der Waals surface area contributed by atoms with Gasteiger partial charge in [-0.1, -0.05) is 13.8 Å². The van der Waals surface area contributed by atoms with Crippen LogP contribution in [0.4, 0.5) is 0 Å². The number of carbonyl (C=O) groups is 2. The van der Waals surface area contributed by atoms with E-state index >= 15 is 0 Å². The van der Waals surface area contributed by atoms with E-state index in [1.807, 2.05) is 0 Å². The maximum Gasteiger partial charge on any atom is 0.341 e. The van der Waals surface area contributed by atoms with Gasteiger partial charge >= 0.3 is 5.97 Å². The topological polar surface area (TPSA) is 103 Å². The summed E-state index contributed by atoms with van der Waals surface area (Å²) in [5.74, 6) is -2.20. The first-order chi connectivity index (χ1) is 10.8. The molecule has 2 aliphatic heterocycles. The molecule has 2 N–H and O–H groups in total. The molecular weight excluding hydrogens is 302 g/mol. The summed E-state index contributed by atoms with van der Waals surface area (Å²) in [6.45, 7) is 6.59. The highest BCUT2D eigenvalue weighted by Crippen LogP contribution is 2.28. The van der Waals surface area contributed by atoms with E-state index in [1.165, 1.54) is 4.57 Å². The van der Waals surface area contributed by atoms with Gasteiger partial charge in [0.15, 0.2) is 11.4 Å². The lowest BCUT2D eigenvalue weighted by Crippen LogP contribution is -2.51. The Bertz CT molecular complexity index is 739. The number of fused-ring (bicyclic) bond motifs is 2. The first-order valence-electron chi connectivity index (χ1n) is 7.56. The van der Waals surface area contributed by atoms with Crippen molar-refractivity contribution in [2.45, 2.75) is 26.6 Å². The minimum Gasteiger partial charge on any atom is -0.503 e. The highest BCUT2D eigenvalue weighted by atomic mass is 16.4. The summed E-state index contributed by atoms with van der Waals surface area (Å²) in [5, 5.41) is 19.1. The van der Waals surface area contributed by atoms with Crippen LogP contribution in [0, 0.1) is 5.92 Å². The SMILES string of the molecule is CC(C)CN1CCN2C(=O)c3c(O)c(=O)c(C(=O)O)cn3CC12. The second-order valence-electron chi connectivity index (χ2n) is 6.39. The zero-order valence-electron chi connectivity index (χ0n) is 13.0. The standard InChI is InChI=1S/C15H19N3O5/c1-8(2)5-16-3-4-18-10(16)7-17-6-9(15(22)23)12(19)13(20)11(17)14(18)21/h6,8,10,20H,3-5,7H2,1-2H3,(H,22,23). The van der Waals surface area contributed by atoms with Crippen LogP contribution in [0.25, 0.3) is 0 Å². The molecule has 1 fully saturated rings. The van der Waals surface area contributed by atoms with Crippen molar-refractivity contribution < 1.29 is 19.8 Å². The average Bonchev–Trinajstić information content (AvgIpc) is 2.85. The number of hydrogen-bond acceptors (Lipinski definition) is 5. The Balaban J connectivity index is 2.06. The van der Waals surface area contributed by atoms with Crippen LogP contribution in [-0.2, 0) is 6.54 Å². The molecule has 3 heterocycles. The van der Waals surface area contributed by atoms with Crippen LogP contribution in [0.3, 0.4) is 0 Å². The number of rotatable bonds is 3. The molecule has 23 heavy (non-hydrogen) atoms. The number of carboxylic acid groups (broad SMARTS) is 1. The fourth-order valence-electron chi connectivity index (χ4n) is 3.35. The van der Waals surface area contributed by atoms with Crippen molar-refractivity contribution in [1.82, 2.24) is 14.4 Å². The summed E-state index contributed by atoms with van der Waals surface area (Å²) in [6, 6.07) is 0. The number of pyridine rings is 1. The van der Waals surface area contributed by atoms with E-state index in [0.717, 1.165) is 19.3 Å². The largest absolute Gasteiger partial charge is 0.503 e. The summed E-state index contributed by atoms with van der Waals surface area (Å²) in [6.07, 6.45) is 0.974. The summed E-state index contributed by atoms with van der Waals surface area (Å²) in [4.78, 5) is 39.5. The van der Waals surface area contributed by atoms with E-state index in [0.29, 0.717) is 19.0 Å². The predicted molar refractivity (Wildman–Crippen MR) is 80.6 cm³/mol. The second-order valence-corrected chi connectivity index (χ2v) is 6.39. The first-order valence-corrected chi connectivity index (χ1v) is 7.56. The molecule has 0 bridgehead atoms. The molecule has 0 spiro atoms. The van der Waals surface area contributed by atoms with Crippen LogP contribution in [0.15, 0.2) is 11.0 Å². The van der Waals surface area contributed by atoms with Crippen LogP contribution < -0.4 is 5.43 Å². The molecular formula is C15H19N3O5. The zero-order chi connectivity index (χ0) is 16.9. The van der Waals surface area contributed by atoms with Crippen molar-refractivity contribution in [3.8, 4) is 5.75 Å². The number of aromatic nitrogens is 1. The lowest BCUT2D eigenvalue weighted by Gasteiger charge is -2.36. The third kappa shape index (κ3) is 2.39. The Labute approximate surface area is 132 Å². The second kappa shape index (κ2) is 5.38. The number of carbonyl (C=O) groups excluding carboxylic acids is 1. The number of aromatic hydroxyl groups is 1. The molecule has 0 aliphatic carbocycles. The molecule has 8 heteroatoms. The van der Waals surface area contributed by atoms with Gasteiger partial charge in [0.25, 0.3) is 5.91 Å². The van der Waals surface area contributed by atoms with Gasteiger partial charge in [0.05, 0.1) is 6.54 Å². The minimum atomic E-state index is -1.42. The monoisotopic (exact) mass is 321 g/mol. The van der Waals surface area contributed by atoms with Gasteiger partial charge in [0.1, 0.15) is 11.7 Å². The predicted octanol–water partition coefficient (Wildman–Crippen LogP) is 0.00560. The quantitative estimate of drug-likeness (QED) is 0.813. The van der Waals surface area contributed by atoms with Gasteiger partial charge in [-0.25, -0.2) is 4.79 Å². The lowest BCUT2D eigenvalue weighted by molar-refractivity contribution is 0.0484. The zero-order valence-corrected chi connectivity index (χ0v) is 13.0. The van der Waals surface area contributed by atoms with E-state index in [-0.39, 0.29) is 11.9 Å². The maximum atomic E-state index is 12.6. The Hall–Kier alpha value is -2.35. The summed E-state index contributed by atoms with van der Waals surface area (Å²) in [5.41, 5.74) is -1.67. The van der Waals surface area contributed by atoms with Gasteiger partial charge in [0.2, 0.25) is 5.43 Å². The number of amides is 1. The highest BCUT2D eigenvalue weighted by Gasteiger charge is 2.42. The van der Waals surface area contributed by atoms with Gasteiger partial charge in [-0.3, -0.25) is 14.5 Å². The maximum absolute atomic E-state index is 12.6. The van der Waals surface area contributed by atoms with Crippen molar-refractivity contribution in [3.05, 3.63) is 27.7 Å². The Morgan fingerprint density at radius 3 is 2.65 bits per heavy atom. The van der Waals surface area contributed by atoms with Gasteiger partial charge < -0.3 is 19.7 Å². The minimum absolute atomic E-state index is 0.123. The van der Waals surface area contributed by atoms with Crippen LogP contribution in [0.2, 0.25) is 0 Å². The summed E-state index contributed by atoms with van der Waals surface area (Å²) in [7, 11) is 0. The number of nitrogens with zero attached hydrogens (tertiary/aromatic N) is 3. The molecule has 8 nitrogen and oxygen atoms in total. The van der Waals surface area contributed by atoms with Crippen molar-refractivity contribution in [2.24, 2.45) is 5.92 Å². The number of hydrogen-bond donors (Lipinski definition) is 2. The Morgan fingerprint density at radius 1 is 1.35 bits per heavy atom. The van der Waals surface area contributed by atoms with E-state index in [4.69, 9.17) is 5.11 Å². The third-order valence-electron chi connectivity index (χ3n) is 4.32. The molecule has 1 saturated heterocycles. The molecule has 124 valence electrons. The van der Waals surface area contributed by atoms with Gasteiger partial charge in [-0.15, -0.1) is 0 Å². The number of aromatic carboxylic acids is 1.